The summed E-state index contributed by atoms with van der Waals surface area (Å²) in [6.45, 7) is 2.27. The second-order valence-corrected chi connectivity index (χ2v) is 4.24. The number of halogens is 1. The molecule has 1 saturated heterocycles. The number of nitrogens with two attached hydrogens (primary N) is 1. The van der Waals surface area contributed by atoms with Gasteiger partial charge in [-0.3, -0.25) is 0 Å². The van der Waals surface area contributed by atoms with Crippen LogP contribution in [0.2, 0.25) is 0 Å². The van der Waals surface area contributed by atoms with Gasteiger partial charge >= 0.3 is 0 Å². The zero-order valence-electron chi connectivity index (χ0n) is 9.23. The van der Waals surface area contributed by atoms with E-state index < -0.39 is 0 Å². The average Bonchev–Trinajstić information content (AvgIpc) is 2.30. The highest BCUT2D eigenvalue weighted by Crippen LogP contribution is 2.25. The summed E-state index contributed by atoms with van der Waals surface area (Å²) in [5, 5.41) is 0. The van der Waals surface area contributed by atoms with Crippen LogP contribution in [-0.2, 0) is 4.84 Å². The molecule has 0 amide bonds. The fourth-order valence-electron chi connectivity index (χ4n) is 2.26. The largest absolute Gasteiger partial charge is 0.369 e. The summed E-state index contributed by atoms with van der Waals surface area (Å²) >= 11 is 0. The topological polar surface area (TPSA) is 38.5 Å². The molecule has 1 aromatic rings. The van der Waals surface area contributed by atoms with Crippen molar-refractivity contribution in [1.82, 2.24) is 0 Å². The standard InChI is InChI=1S/C12H17FN2O/c13-11-5-1-2-6-12(11)15-7-3-4-10(8-15)9-16-14/h1-2,5-6,10H,3-4,7-9,14H2. The predicted octanol–water partition coefficient (Wildman–Crippen LogP) is 1.93. The van der Waals surface area contributed by atoms with Crippen LogP contribution in [0.4, 0.5) is 10.1 Å². The molecule has 1 heterocycles. The first-order chi connectivity index (χ1) is 7.81. The minimum Gasteiger partial charge on any atom is -0.369 e. The molecule has 0 aliphatic carbocycles. The molecule has 3 nitrogen and oxygen atoms in total. The van der Waals surface area contributed by atoms with Gasteiger partial charge in [0.2, 0.25) is 0 Å². The molecule has 1 aliphatic heterocycles. The van der Waals surface area contributed by atoms with Crippen LogP contribution in [0, 0.1) is 11.7 Å². The Morgan fingerprint density at radius 3 is 3.00 bits per heavy atom. The van der Waals surface area contributed by atoms with E-state index in [4.69, 9.17) is 5.90 Å². The van der Waals surface area contributed by atoms with Crippen LogP contribution in [0.1, 0.15) is 12.8 Å². The van der Waals surface area contributed by atoms with Crippen LogP contribution in [0.15, 0.2) is 24.3 Å². The summed E-state index contributed by atoms with van der Waals surface area (Å²) in [6, 6.07) is 6.89. The lowest BCUT2D eigenvalue weighted by Gasteiger charge is -2.34. The van der Waals surface area contributed by atoms with E-state index in [-0.39, 0.29) is 5.82 Å². The van der Waals surface area contributed by atoms with E-state index in [1.807, 2.05) is 12.1 Å². The number of hydrogen-bond acceptors (Lipinski definition) is 3. The summed E-state index contributed by atoms with van der Waals surface area (Å²) in [6.07, 6.45) is 2.16. The highest BCUT2D eigenvalue weighted by molar-refractivity contribution is 5.47. The van der Waals surface area contributed by atoms with Gasteiger partial charge in [0.05, 0.1) is 12.3 Å². The minimum absolute atomic E-state index is 0.156. The van der Waals surface area contributed by atoms with Crippen LogP contribution in [-0.4, -0.2) is 19.7 Å². The van der Waals surface area contributed by atoms with Crippen molar-refractivity contribution in [1.29, 1.82) is 0 Å². The quantitative estimate of drug-likeness (QED) is 0.797. The molecule has 2 rings (SSSR count). The van der Waals surface area contributed by atoms with Gasteiger partial charge in [-0.2, -0.15) is 0 Å². The molecular weight excluding hydrogens is 207 g/mol. The normalized spacial score (nSPS) is 21.1. The predicted molar refractivity (Wildman–Crippen MR) is 61.5 cm³/mol. The van der Waals surface area contributed by atoms with Gasteiger partial charge in [-0.15, -0.1) is 0 Å². The number of piperidine rings is 1. The van der Waals surface area contributed by atoms with Crippen LogP contribution in [0.5, 0.6) is 0 Å². The Hall–Kier alpha value is -1.13. The Morgan fingerprint density at radius 2 is 2.25 bits per heavy atom. The van der Waals surface area contributed by atoms with Gasteiger partial charge in [0.25, 0.3) is 0 Å². The molecule has 1 unspecified atom stereocenters. The molecular formula is C12H17FN2O. The second kappa shape index (κ2) is 5.27. The molecule has 88 valence electrons. The lowest BCUT2D eigenvalue weighted by Crippen LogP contribution is -2.38. The van der Waals surface area contributed by atoms with Crippen LogP contribution < -0.4 is 10.8 Å². The highest BCUT2D eigenvalue weighted by atomic mass is 19.1. The van der Waals surface area contributed by atoms with Crippen molar-refractivity contribution in [2.75, 3.05) is 24.6 Å². The van der Waals surface area contributed by atoms with Crippen molar-refractivity contribution in [3.8, 4) is 0 Å². The van der Waals surface area contributed by atoms with Gasteiger partial charge in [0.1, 0.15) is 5.82 Å². The van der Waals surface area contributed by atoms with E-state index in [2.05, 4.69) is 9.74 Å². The smallest absolute Gasteiger partial charge is 0.146 e. The van der Waals surface area contributed by atoms with Gasteiger partial charge in [-0.05, 0) is 25.0 Å². The van der Waals surface area contributed by atoms with Gasteiger partial charge in [0, 0.05) is 19.0 Å². The summed E-state index contributed by atoms with van der Waals surface area (Å²) in [5.41, 5.74) is 0.684. The molecule has 0 radical (unpaired) electrons. The highest BCUT2D eigenvalue weighted by Gasteiger charge is 2.21. The molecule has 16 heavy (non-hydrogen) atoms. The number of hydrogen-bond donors (Lipinski definition) is 1. The maximum Gasteiger partial charge on any atom is 0.146 e. The second-order valence-electron chi connectivity index (χ2n) is 4.24. The van der Waals surface area contributed by atoms with Crippen LogP contribution in [0.25, 0.3) is 0 Å². The van der Waals surface area contributed by atoms with Gasteiger partial charge in [-0.25, -0.2) is 10.3 Å². The first-order valence-electron chi connectivity index (χ1n) is 5.62. The van der Waals surface area contributed by atoms with Crippen molar-refractivity contribution < 1.29 is 9.23 Å². The fraction of sp³-hybridized carbons (Fsp3) is 0.500. The Labute approximate surface area is 94.9 Å². The van der Waals surface area contributed by atoms with E-state index in [1.54, 1.807) is 6.07 Å². The van der Waals surface area contributed by atoms with Gasteiger partial charge in [-0.1, -0.05) is 12.1 Å². The monoisotopic (exact) mass is 224 g/mol. The first kappa shape index (κ1) is 11.4. The summed E-state index contributed by atoms with van der Waals surface area (Å²) in [7, 11) is 0. The SMILES string of the molecule is NOCC1CCCN(c2ccccc2F)C1. The summed E-state index contributed by atoms with van der Waals surface area (Å²) < 4.78 is 13.6. The van der Waals surface area contributed by atoms with E-state index >= 15 is 0 Å². The first-order valence-corrected chi connectivity index (χ1v) is 5.62. The lowest BCUT2D eigenvalue weighted by molar-refractivity contribution is 0.0951. The van der Waals surface area contributed by atoms with Gasteiger partial charge in [0.15, 0.2) is 0 Å². The number of anilines is 1. The number of benzene rings is 1. The molecule has 1 atom stereocenters. The third-order valence-corrected chi connectivity index (χ3v) is 3.04. The van der Waals surface area contributed by atoms with E-state index in [1.165, 1.54) is 6.07 Å². The average molecular weight is 224 g/mol. The molecule has 1 fully saturated rings. The number of para-hydroxylation sites is 1. The van der Waals surface area contributed by atoms with Crippen LogP contribution >= 0.6 is 0 Å². The number of rotatable bonds is 3. The van der Waals surface area contributed by atoms with E-state index in [9.17, 15) is 4.39 Å². The Morgan fingerprint density at radius 1 is 1.44 bits per heavy atom. The third-order valence-electron chi connectivity index (χ3n) is 3.04. The third kappa shape index (κ3) is 2.51. The Balaban J connectivity index is 2.07. The maximum absolute atomic E-state index is 13.6. The van der Waals surface area contributed by atoms with Crippen molar-refractivity contribution >= 4 is 5.69 Å². The molecule has 0 aromatic heterocycles. The van der Waals surface area contributed by atoms with Crippen molar-refractivity contribution in [3.05, 3.63) is 30.1 Å². The van der Waals surface area contributed by atoms with E-state index in [0.717, 1.165) is 25.9 Å². The van der Waals surface area contributed by atoms with Crippen molar-refractivity contribution in [2.24, 2.45) is 11.8 Å². The molecule has 0 saturated carbocycles. The minimum atomic E-state index is -0.156. The van der Waals surface area contributed by atoms with E-state index in [0.29, 0.717) is 18.2 Å². The molecule has 0 bridgehead atoms. The van der Waals surface area contributed by atoms with Crippen LogP contribution in [0.3, 0.4) is 0 Å². The van der Waals surface area contributed by atoms with Gasteiger partial charge < -0.3 is 9.74 Å². The molecule has 0 spiro atoms. The lowest BCUT2D eigenvalue weighted by atomic mass is 9.98. The molecule has 4 heteroatoms. The fourth-order valence-corrected chi connectivity index (χ4v) is 2.26. The Kier molecular flexibility index (Phi) is 3.74. The van der Waals surface area contributed by atoms with Crippen molar-refractivity contribution in [2.45, 2.75) is 12.8 Å². The zero-order valence-corrected chi connectivity index (χ0v) is 9.23. The number of nitrogens with zero attached hydrogens (tertiary/aromatic N) is 1. The summed E-state index contributed by atoms with van der Waals surface area (Å²) in [5.74, 6) is 5.33. The molecule has 1 aromatic carbocycles. The Bertz CT molecular complexity index is 344. The van der Waals surface area contributed by atoms with Crippen molar-refractivity contribution in [3.63, 3.8) is 0 Å². The zero-order chi connectivity index (χ0) is 11.4. The summed E-state index contributed by atoms with van der Waals surface area (Å²) in [4.78, 5) is 6.75. The molecule has 1 aliphatic rings. The maximum atomic E-state index is 13.6. The molecule has 2 N–H and O–H groups in total.